The number of nitrogens with zero attached hydrogens (tertiary/aromatic N) is 2. The zero-order chi connectivity index (χ0) is 28.3. The van der Waals surface area contributed by atoms with Crippen molar-refractivity contribution in [2.45, 2.75) is 25.2 Å². The second-order valence-corrected chi connectivity index (χ2v) is 10.6. The van der Waals surface area contributed by atoms with Gasteiger partial charge in [0.05, 0.1) is 17.3 Å². The van der Waals surface area contributed by atoms with E-state index in [1.54, 1.807) is 50.2 Å². The molecule has 0 atom stereocenters. The van der Waals surface area contributed by atoms with Crippen LogP contribution in [-0.2, 0) is 16.5 Å². The van der Waals surface area contributed by atoms with E-state index in [1.807, 2.05) is 0 Å². The number of hydrogen-bond donors (Lipinski definition) is 2. The van der Waals surface area contributed by atoms with E-state index < -0.39 is 26.7 Å². The van der Waals surface area contributed by atoms with Crippen molar-refractivity contribution in [1.82, 2.24) is 0 Å². The zero-order valence-corrected chi connectivity index (χ0v) is 26.1. The summed E-state index contributed by atoms with van der Waals surface area (Å²) in [5, 5.41) is 25.2. The molecule has 202 valence electrons. The van der Waals surface area contributed by atoms with Gasteiger partial charge in [-0.05, 0) is 54.6 Å². The van der Waals surface area contributed by atoms with Crippen molar-refractivity contribution < 1.29 is 57.2 Å². The van der Waals surface area contributed by atoms with E-state index in [4.69, 9.17) is 27.9 Å². The van der Waals surface area contributed by atoms with Gasteiger partial charge in [-0.15, -0.1) is 5.11 Å². The molecule has 0 saturated heterocycles. The first-order chi connectivity index (χ1) is 18.5. The summed E-state index contributed by atoms with van der Waals surface area (Å²) in [6.07, 6.45) is 0.449. The summed E-state index contributed by atoms with van der Waals surface area (Å²) >= 11 is 12.4. The largest absolute Gasteiger partial charge is 1.00 e. The number of aryl methyl sites for hydroxylation is 1. The molecule has 40 heavy (non-hydrogen) atoms. The summed E-state index contributed by atoms with van der Waals surface area (Å²) in [6.45, 7) is 3.98. The van der Waals surface area contributed by atoms with Crippen molar-refractivity contribution in [2.24, 2.45) is 10.2 Å². The van der Waals surface area contributed by atoms with Crippen LogP contribution in [0, 0.1) is 0 Å². The number of halogens is 2. The van der Waals surface area contributed by atoms with Gasteiger partial charge < -0.3 is 15.2 Å². The van der Waals surface area contributed by atoms with Crippen LogP contribution in [0.1, 0.15) is 29.8 Å². The predicted octanol–water partition coefficient (Wildman–Crippen LogP) is 4.10. The molecule has 0 aliphatic carbocycles. The zero-order valence-electron chi connectivity index (χ0n) is 21.7. The van der Waals surface area contributed by atoms with Gasteiger partial charge >= 0.3 is 29.6 Å². The molecule has 0 fully saturated rings. The second kappa shape index (κ2) is 13.3. The predicted molar refractivity (Wildman–Crippen MR) is 149 cm³/mol. The standard InChI is InChI=1S/C27H23Cl2N3O6S.Na/c1-3-15-9-22(29)25(23(10-15)39(35,36)37)32-31-24-20-8-6-5-7-16(20)11-21(26(24)33)27(34)30-18-12-17(28)13-19(14-18)38-4-2;/h5-14,33H,3-4H2,1-2H3,(H,30,34)(H,35,36,37);/q;+1/p-1. The van der Waals surface area contributed by atoms with E-state index >= 15 is 0 Å². The molecule has 0 aromatic heterocycles. The second-order valence-electron chi connectivity index (χ2n) is 8.34. The molecule has 4 aromatic carbocycles. The molecule has 9 nitrogen and oxygen atoms in total. The molecule has 0 saturated carbocycles. The van der Waals surface area contributed by atoms with Crippen LogP contribution in [0.15, 0.2) is 75.8 Å². The normalized spacial score (nSPS) is 11.4. The number of ether oxygens (including phenoxy) is 1. The summed E-state index contributed by atoms with van der Waals surface area (Å²) in [5.41, 5.74) is 0.0809. The quantitative estimate of drug-likeness (QED) is 0.175. The molecule has 4 aromatic rings. The number of nitrogens with one attached hydrogen (secondary N) is 1. The van der Waals surface area contributed by atoms with Crippen molar-refractivity contribution >= 4 is 67.1 Å². The molecule has 4 rings (SSSR count). The minimum absolute atomic E-state index is 0. The summed E-state index contributed by atoms with van der Waals surface area (Å²) in [4.78, 5) is 12.6. The number of carbonyl (C=O) groups is 1. The van der Waals surface area contributed by atoms with Gasteiger partial charge in [0.15, 0.2) is 0 Å². The maximum atomic E-state index is 13.5. The number of carbonyl (C=O) groups excluding carboxylic acids is 1. The summed E-state index contributed by atoms with van der Waals surface area (Å²) in [7, 11) is -4.71. The molecule has 0 aliphatic heterocycles. The van der Waals surface area contributed by atoms with Gasteiger partial charge in [0.25, 0.3) is 16.0 Å². The molecule has 0 heterocycles. The summed E-state index contributed by atoms with van der Waals surface area (Å²) in [5.74, 6) is -1.04. The molecular weight excluding hydrogens is 588 g/mol. The molecule has 0 spiro atoms. The smallest absolute Gasteiger partial charge is 0.870 e. The van der Waals surface area contributed by atoms with Crippen molar-refractivity contribution in [3.8, 4) is 11.5 Å². The number of benzene rings is 4. The number of hydrogen-bond acceptors (Lipinski definition) is 7. The summed E-state index contributed by atoms with van der Waals surface area (Å²) < 4.78 is 39.3. The average molecular weight is 610 g/mol. The fraction of sp³-hybridized carbons (Fsp3) is 0.148. The van der Waals surface area contributed by atoms with Gasteiger partial charge in [-0.25, -0.2) is 0 Å². The fourth-order valence-electron chi connectivity index (χ4n) is 3.89. The first-order valence-corrected chi connectivity index (χ1v) is 13.9. The van der Waals surface area contributed by atoms with Gasteiger partial charge in [-0.3, -0.25) is 9.35 Å². The van der Waals surface area contributed by atoms with E-state index in [0.717, 1.165) is 0 Å². The molecule has 1 amide bonds. The Morgan fingerprint density at radius 3 is 2.40 bits per heavy atom. The molecule has 0 aliphatic rings. The van der Waals surface area contributed by atoms with Gasteiger partial charge in [0.1, 0.15) is 16.3 Å². The first kappa shape index (κ1) is 31.8. The Balaban J connectivity index is 0.00000441. The topological polar surface area (TPSA) is 140 Å². The van der Waals surface area contributed by atoms with E-state index in [2.05, 4.69) is 15.5 Å². The van der Waals surface area contributed by atoms with Crippen LogP contribution in [-0.4, -0.2) is 25.5 Å². The van der Waals surface area contributed by atoms with Crippen LogP contribution in [0.2, 0.25) is 10.0 Å². The van der Waals surface area contributed by atoms with E-state index in [1.165, 1.54) is 24.3 Å². The summed E-state index contributed by atoms with van der Waals surface area (Å²) in [6, 6.07) is 15.5. The van der Waals surface area contributed by atoms with E-state index in [-0.39, 0.29) is 51.5 Å². The van der Waals surface area contributed by atoms with Crippen LogP contribution >= 0.6 is 23.2 Å². The Hall–Kier alpha value is -2.70. The Labute approximate surface area is 263 Å². The number of amides is 1. The molecule has 0 bridgehead atoms. The number of anilines is 1. The monoisotopic (exact) mass is 609 g/mol. The third-order valence-corrected chi connectivity index (χ3v) is 7.06. The molecule has 0 radical (unpaired) electrons. The number of rotatable bonds is 8. The van der Waals surface area contributed by atoms with Crippen LogP contribution in [0.25, 0.3) is 10.8 Å². The van der Waals surface area contributed by atoms with Gasteiger partial charge in [0.2, 0.25) is 0 Å². The maximum Gasteiger partial charge on any atom is 1.00 e. The average Bonchev–Trinajstić information content (AvgIpc) is 2.87. The maximum absolute atomic E-state index is 13.5. The third-order valence-electron chi connectivity index (χ3n) is 5.68. The molecule has 13 heteroatoms. The Morgan fingerprint density at radius 2 is 1.73 bits per heavy atom. The van der Waals surface area contributed by atoms with Gasteiger partial charge in [0, 0.05) is 27.7 Å². The van der Waals surface area contributed by atoms with Crippen molar-refractivity contribution in [3.63, 3.8) is 0 Å². The van der Waals surface area contributed by atoms with Crippen molar-refractivity contribution in [1.29, 1.82) is 0 Å². The van der Waals surface area contributed by atoms with Crippen LogP contribution < -0.4 is 44.7 Å². The third kappa shape index (κ3) is 7.13. The Kier molecular flexibility index (Phi) is 10.6. The van der Waals surface area contributed by atoms with Crippen LogP contribution in [0.4, 0.5) is 17.1 Å². The van der Waals surface area contributed by atoms with E-state index in [9.17, 15) is 22.9 Å². The fourth-order valence-corrected chi connectivity index (χ4v) is 5.14. The molecular formula is C27H22Cl2N3NaO6S. The Bertz CT molecular complexity index is 1730. The molecule has 0 unspecified atom stereocenters. The van der Waals surface area contributed by atoms with Crippen molar-refractivity contribution in [3.05, 3.63) is 81.8 Å². The molecule has 2 N–H and O–H groups in total. The van der Waals surface area contributed by atoms with E-state index in [0.29, 0.717) is 45.8 Å². The van der Waals surface area contributed by atoms with Crippen LogP contribution in [0.3, 0.4) is 0 Å². The van der Waals surface area contributed by atoms with Crippen LogP contribution in [0.5, 0.6) is 11.5 Å². The van der Waals surface area contributed by atoms with Gasteiger partial charge in [-0.2, -0.15) is 13.5 Å². The van der Waals surface area contributed by atoms with Crippen molar-refractivity contribution in [2.75, 3.05) is 11.9 Å². The minimum Gasteiger partial charge on any atom is -0.870 e. The SMILES string of the molecule is CCOc1cc(Cl)cc(NC(=O)c2cc3ccccc3c(N=Nc3c(Cl)cc(CC)cc3S(=O)(=O)O)c2[O-])c1.[Na+]. The first-order valence-electron chi connectivity index (χ1n) is 11.7. The number of azo groups is 1. The van der Waals surface area contributed by atoms with Gasteiger partial charge in [-0.1, -0.05) is 60.1 Å². The minimum atomic E-state index is -4.71. The Morgan fingerprint density at radius 1 is 1.02 bits per heavy atom. The number of fused-ring (bicyclic) bond motifs is 1.